The Balaban J connectivity index is 1.36. The molecule has 1 unspecified atom stereocenters. The molecule has 1 saturated heterocycles. The molecule has 2 aliphatic rings. The molecule has 1 atom stereocenters. The molecule has 0 aliphatic carbocycles. The maximum atomic E-state index is 12.7. The topological polar surface area (TPSA) is 120 Å². The Labute approximate surface area is 191 Å². The number of morpholine rings is 1. The lowest BCUT2D eigenvalue weighted by atomic mass is 10.2. The maximum absolute atomic E-state index is 12.7. The van der Waals surface area contributed by atoms with Crippen LogP contribution in [0.3, 0.4) is 0 Å². The fourth-order valence-corrected chi connectivity index (χ4v) is 4.75. The Bertz CT molecular complexity index is 1130. The van der Waals surface area contributed by atoms with Gasteiger partial charge in [-0.25, -0.2) is 13.2 Å². The summed E-state index contributed by atoms with van der Waals surface area (Å²) in [6.45, 7) is 3.58. The minimum Gasteiger partial charge on any atom is -0.486 e. The molecule has 0 saturated carbocycles. The van der Waals surface area contributed by atoms with Crippen LogP contribution in [0.5, 0.6) is 11.5 Å². The van der Waals surface area contributed by atoms with E-state index in [0.717, 1.165) is 0 Å². The second kappa shape index (κ2) is 9.77. The Kier molecular flexibility index (Phi) is 6.82. The summed E-state index contributed by atoms with van der Waals surface area (Å²) in [5, 5.41) is 2.67. The van der Waals surface area contributed by atoms with Gasteiger partial charge in [0.25, 0.3) is 5.91 Å². The number of carbonyl (C=O) groups excluding carboxylic acids is 2. The lowest BCUT2D eigenvalue weighted by molar-refractivity contribution is -0.123. The molecule has 0 bridgehead atoms. The van der Waals surface area contributed by atoms with Gasteiger partial charge in [-0.1, -0.05) is 0 Å². The predicted molar refractivity (Wildman–Crippen MR) is 117 cm³/mol. The van der Waals surface area contributed by atoms with Gasteiger partial charge in [-0.3, -0.25) is 4.79 Å². The first kappa shape index (κ1) is 23.0. The second-order valence-electron chi connectivity index (χ2n) is 7.44. The van der Waals surface area contributed by atoms with Crippen molar-refractivity contribution < 1.29 is 37.0 Å². The van der Waals surface area contributed by atoms with Crippen molar-refractivity contribution in [2.75, 3.05) is 44.8 Å². The molecule has 2 aromatic carbocycles. The lowest BCUT2D eigenvalue weighted by Crippen LogP contribution is -2.40. The third-order valence-electron chi connectivity index (χ3n) is 5.16. The SMILES string of the molecule is CC(OC(=O)c1ccc(S(=O)(=O)N2CCOCC2)cc1)C(=O)Nc1ccc2c(c1)OCCO2. The van der Waals surface area contributed by atoms with E-state index in [2.05, 4.69) is 5.32 Å². The summed E-state index contributed by atoms with van der Waals surface area (Å²) in [7, 11) is -3.66. The molecule has 1 N–H and O–H groups in total. The van der Waals surface area contributed by atoms with E-state index in [0.29, 0.717) is 43.6 Å². The lowest BCUT2D eigenvalue weighted by Gasteiger charge is -2.26. The van der Waals surface area contributed by atoms with Gasteiger partial charge in [0.15, 0.2) is 17.6 Å². The standard InChI is InChI=1S/C22H24N2O8S/c1-15(21(25)23-17-4-7-19-20(14-17)31-13-12-30-19)32-22(26)16-2-5-18(6-3-16)33(27,28)24-8-10-29-11-9-24/h2-7,14-15H,8-13H2,1H3,(H,23,25). The maximum Gasteiger partial charge on any atom is 0.338 e. The van der Waals surface area contributed by atoms with E-state index in [1.54, 1.807) is 18.2 Å². The zero-order chi connectivity index (χ0) is 23.4. The number of rotatable bonds is 6. The molecule has 0 radical (unpaired) electrons. The highest BCUT2D eigenvalue weighted by Gasteiger charge is 2.27. The number of esters is 1. The Morgan fingerprint density at radius 3 is 2.33 bits per heavy atom. The monoisotopic (exact) mass is 476 g/mol. The number of nitrogens with zero attached hydrogens (tertiary/aromatic N) is 1. The van der Waals surface area contributed by atoms with Crippen LogP contribution in [0.2, 0.25) is 0 Å². The van der Waals surface area contributed by atoms with Crippen LogP contribution in [-0.4, -0.2) is 70.2 Å². The number of hydrogen-bond donors (Lipinski definition) is 1. The summed E-state index contributed by atoms with van der Waals surface area (Å²) in [6.07, 6.45) is -1.08. The zero-order valence-electron chi connectivity index (χ0n) is 18.0. The van der Waals surface area contributed by atoms with Crippen molar-refractivity contribution in [1.29, 1.82) is 0 Å². The first-order valence-corrected chi connectivity index (χ1v) is 11.9. The molecule has 1 amide bonds. The molecule has 2 aliphatic heterocycles. The van der Waals surface area contributed by atoms with Gasteiger partial charge in [0.05, 0.1) is 23.7 Å². The van der Waals surface area contributed by atoms with E-state index in [1.807, 2.05) is 0 Å². The number of carbonyl (C=O) groups is 2. The first-order valence-electron chi connectivity index (χ1n) is 10.4. The fourth-order valence-electron chi connectivity index (χ4n) is 3.35. The van der Waals surface area contributed by atoms with Crippen molar-refractivity contribution in [3.8, 4) is 11.5 Å². The van der Waals surface area contributed by atoms with Crippen LogP contribution >= 0.6 is 0 Å². The molecule has 4 rings (SSSR count). The number of anilines is 1. The first-order chi connectivity index (χ1) is 15.8. The highest BCUT2D eigenvalue weighted by atomic mass is 32.2. The van der Waals surface area contributed by atoms with Gasteiger partial charge in [-0.2, -0.15) is 4.31 Å². The molecule has 2 heterocycles. The molecule has 176 valence electrons. The summed E-state index contributed by atoms with van der Waals surface area (Å²) >= 11 is 0. The van der Waals surface area contributed by atoms with E-state index in [4.69, 9.17) is 18.9 Å². The molecular formula is C22H24N2O8S. The zero-order valence-corrected chi connectivity index (χ0v) is 18.8. The van der Waals surface area contributed by atoms with Gasteiger partial charge < -0.3 is 24.3 Å². The smallest absolute Gasteiger partial charge is 0.338 e. The van der Waals surface area contributed by atoms with Gasteiger partial charge in [-0.05, 0) is 43.3 Å². The molecular weight excluding hydrogens is 452 g/mol. The Morgan fingerprint density at radius 1 is 0.970 bits per heavy atom. The van der Waals surface area contributed by atoms with Crippen molar-refractivity contribution in [2.45, 2.75) is 17.9 Å². The van der Waals surface area contributed by atoms with Crippen LogP contribution in [0.25, 0.3) is 0 Å². The molecule has 33 heavy (non-hydrogen) atoms. The van der Waals surface area contributed by atoms with Gasteiger partial charge in [0.2, 0.25) is 10.0 Å². The molecule has 10 nitrogen and oxygen atoms in total. The van der Waals surface area contributed by atoms with Gasteiger partial charge >= 0.3 is 5.97 Å². The van der Waals surface area contributed by atoms with Gasteiger partial charge in [-0.15, -0.1) is 0 Å². The normalized spacial score (nSPS) is 17.1. The highest BCUT2D eigenvalue weighted by Crippen LogP contribution is 2.32. The Hall–Kier alpha value is -3.15. The number of ether oxygens (including phenoxy) is 4. The largest absolute Gasteiger partial charge is 0.486 e. The third kappa shape index (κ3) is 5.27. The van der Waals surface area contributed by atoms with E-state index in [9.17, 15) is 18.0 Å². The van der Waals surface area contributed by atoms with Crippen LogP contribution in [0.15, 0.2) is 47.4 Å². The van der Waals surface area contributed by atoms with E-state index in [1.165, 1.54) is 35.5 Å². The predicted octanol–water partition coefficient (Wildman–Crippen LogP) is 1.66. The molecule has 0 spiro atoms. The molecule has 11 heteroatoms. The van der Waals surface area contributed by atoms with E-state index in [-0.39, 0.29) is 23.5 Å². The summed E-state index contributed by atoms with van der Waals surface area (Å²) in [6, 6.07) is 10.4. The van der Waals surface area contributed by atoms with Crippen LogP contribution in [0.4, 0.5) is 5.69 Å². The van der Waals surface area contributed by atoms with Crippen LogP contribution in [0.1, 0.15) is 17.3 Å². The summed E-state index contributed by atoms with van der Waals surface area (Å²) < 4.78 is 48.1. The summed E-state index contributed by atoms with van der Waals surface area (Å²) in [5.74, 6) is -0.143. The molecule has 2 aromatic rings. The minimum atomic E-state index is -3.66. The second-order valence-corrected chi connectivity index (χ2v) is 9.37. The van der Waals surface area contributed by atoms with Crippen LogP contribution in [-0.2, 0) is 24.3 Å². The number of sulfonamides is 1. The van der Waals surface area contributed by atoms with Crippen LogP contribution in [0, 0.1) is 0 Å². The highest BCUT2D eigenvalue weighted by molar-refractivity contribution is 7.89. The number of fused-ring (bicyclic) bond motifs is 1. The average molecular weight is 477 g/mol. The quantitative estimate of drug-likeness (QED) is 0.625. The third-order valence-corrected chi connectivity index (χ3v) is 7.07. The number of nitrogens with one attached hydrogen (secondary N) is 1. The van der Waals surface area contributed by atoms with Crippen molar-refractivity contribution in [3.05, 3.63) is 48.0 Å². The van der Waals surface area contributed by atoms with Crippen molar-refractivity contribution >= 4 is 27.6 Å². The summed E-state index contributed by atoms with van der Waals surface area (Å²) in [4.78, 5) is 25.0. The number of amides is 1. The molecule has 1 fully saturated rings. The molecule has 0 aromatic heterocycles. The van der Waals surface area contributed by atoms with Gasteiger partial charge in [0, 0.05) is 24.8 Å². The van der Waals surface area contributed by atoms with Gasteiger partial charge in [0.1, 0.15) is 13.2 Å². The van der Waals surface area contributed by atoms with E-state index < -0.39 is 28.0 Å². The van der Waals surface area contributed by atoms with Crippen LogP contribution < -0.4 is 14.8 Å². The average Bonchev–Trinajstić information content (AvgIpc) is 2.84. The number of benzene rings is 2. The van der Waals surface area contributed by atoms with Crippen molar-refractivity contribution in [3.63, 3.8) is 0 Å². The van der Waals surface area contributed by atoms with Crippen molar-refractivity contribution in [1.82, 2.24) is 4.31 Å². The number of hydrogen-bond acceptors (Lipinski definition) is 8. The Morgan fingerprint density at radius 2 is 1.64 bits per heavy atom. The summed E-state index contributed by atoms with van der Waals surface area (Å²) in [5.41, 5.74) is 0.611. The van der Waals surface area contributed by atoms with Crippen molar-refractivity contribution in [2.24, 2.45) is 0 Å². The van der Waals surface area contributed by atoms with E-state index >= 15 is 0 Å². The fraction of sp³-hybridized carbons (Fsp3) is 0.364. The minimum absolute atomic E-state index is 0.0744.